The van der Waals surface area contributed by atoms with Gasteiger partial charge in [0.05, 0.1) is 0 Å². The average Bonchev–Trinajstić information content (AvgIpc) is 2.26. The van der Waals surface area contributed by atoms with Gasteiger partial charge in [0.25, 0.3) is 5.56 Å². The van der Waals surface area contributed by atoms with Gasteiger partial charge in [-0.3, -0.25) is 9.36 Å². The fourth-order valence-corrected chi connectivity index (χ4v) is 1.74. The molecule has 0 aliphatic heterocycles. The van der Waals surface area contributed by atoms with Gasteiger partial charge in [-0.15, -0.1) is 11.6 Å². The number of aromatic nitrogens is 2. The van der Waals surface area contributed by atoms with Crippen LogP contribution in [0.5, 0.6) is 0 Å². The normalized spacial score (nSPS) is 12.3. The maximum Gasteiger partial charge on any atom is 0.339 e. The molecule has 0 aliphatic carbocycles. The van der Waals surface area contributed by atoms with E-state index in [0.29, 0.717) is 11.0 Å². The predicted molar refractivity (Wildman–Crippen MR) is 69.1 cm³/mol. The Balaban J connectivity index is 2.82. The first-order valence-electron chi connectivity index (χ1n) is 5.70. The number of unbranched alkanes of at least 4 members (excludes halogenated alkanes) is 1. The molecule has 6 nitrogen and oxygen atoms in total. The van der Waals surface area contributed by atoms with Crippen LogP contribution in [0, 0.1) is 0 Å². The summed E-state index contributed by atoms with van der Waals surface area (Å²) in [5.41, 5.74) is 3.89. The number of primary amides is 1. The maximum atomic E-state index is 11.8. The zero-order valence-electron chi connectivity index (χ0n) is 10.1. The van der Waals surface area contributed by atoms with Crippen LogP contribution in [-0.2, 0) is 6.54 Å². The zero-order chi connectivity index (χ0) is 13.7. The Hall–Kier alpha value is -1.56. The summed E-state index contributed by atoms with van der Waals surface area (Å²) in [5, 5.41) is 0.0692. The third kappa shape index (κ3) is 3.73. The van der Waals surface area contributed by atoms with E-state index in [1.54, 1.807) is 0 Å². The van der Waals surface area contributed by atoms with Crippen molar-refractivity contribution in [1.29, 1.82) is 0 Å². The molecular weight excluding hydrogens is 258 g/mol. The molecule has 2 N–H and O–H groups in total. The molecule has 0 fully saturated rings. The summed E-state index contributed by atoms with van der Waals surface area (Å²) in [6.45, 7) is 2.14. The smallest absolute Gasteiger partial charge is 0.339 e. The van der Waals surface area contributed by atoms with Gasteiger partial charge >= 0.3 is 11.7 Å². The van der Waals surface area contributed by atoms with Crippen LogP contribution in [0.15, 0.2) is 21.9 Å². The fourth-order valence-electron chi connectivity index (χ4n) is 1.59. The summed E-state index contributed by atoms with van der Waals surface area (Å²) >= 11 is 5.79. The van der Waals surface area contributed by atoms with Gasteiger partial charge in [-0.1, -0.05) is 6.42 Å². The lowest BCUT2D eigenvalue weighted by atomic mass is 10.2. The summed E-state index contributed by atoms with van der Waals surface area (Å²) < 4.78 is 1.72. The number of rotatable bonds is 5. The molecule has 1 aromatic rings. The fraction of sp³-hybridized carbons (Fsp3) is 0.545. The Labute approximate surface area is 109 Å². The lowest BCUT2D eigenvalue weighted by Gasteiger charge is -2.07. The highest BCUT2D eigenvalue weighted by Crippen LogP contribution is 2.06. The average molecular weight is 274 g/mol. The van der Waals surface area contributed by atoms with Crippen LogP contribution in [0.2, 0.25) is 0 Å². The molecule has 1 aromatic heterocycles. The quantitative estimate of drug-likeness (QED) is 0.634. The van der Waals surface area contributed by atoms with Crippen molar-refractivity contribution < 1.29 is 4.79 Å². The number of carbonyl (C=O) groups excluding carboxylic acids is 1. The summed E-state index contributed by atoms with van der Waals surface area (Å²) in [4.78, 5) is 34.2. The number of nitrogens with zero attached hydrogens (tertiary/aromatic N) is 2. The highest BCUT2D eigenvalue weighted by atomic mass is 35.5. The molecule has 0 radical (unpaired) electrons. The maximum absolute atomic E-state index is 11.8. The molecular formula is C11H16ClN3O3. The second-order valence-corrected chi connectivity index (χ2v) is 4.82. The topological polar surface area (TPSA) is 87.1 Å². The van der Waals surface area contributed by atoms with E-state index in [2.05, 4.69) is 0 Å². The molecule has 0 saturated heterocycles. The second-order valence-electron chi connectivity index (χ2n) is 4.07. The van der Waals surface area contributed by atoms with Gasteiger partial charge in [0, 0.05) is 24.2 Å². The van der Waals surface area contributed by atoms with E-state index in [0.717, 1.165) is 29.7 Å². The molecule has 0 spiro atoms. The SMILES string of the molecule is CC(Cl)CCCCn1c(=O)ccn(C(N)=O)c1=O. The van der Waals surface area contributed by atoms with E-state index in [1.807, 2.05) is 6.92 Å². The molecule has 7 heteroatoms. The van der Waals surface area contributed by atoms with Gasteiger partial charge in [-0.25, -0.2) is 14.2 Å². The number of hydrogen-bond acceptors (Lipinski definition) is 3. The Kier molecular flexibility index (Phi) is 5.15. The number of halogens is 1. The van der Waals surface area contributed by atoms with E-state index >= 15 is 0 Å². The van der Waals surface area contributed by atoms with Gasteiger partial charge in [0.2, 0.25) is 0 Å². The van der Waals surface area contributed by atoms with Crippen molar-refractivity contribution in [3.05, 3.63) is 33.1 Å². The van der Waals surface area contributed by atoms with Crippen LogP contribution in [-0.4, -0.2) is 20.5 Å². The van der Waals surface area contributed by atoms with Crippen LogP contribution in [0.25, 0.3) is 0 Å². The van der Waals surface area contributed by atoms with Gasteiger partial charge in [-0.2, -0.15) is 0 Å². The van der Waals surface area contributed by atoms with E-state index in [-0.39, 0.29) is 11.9 Å². The third-order valence-corrected chi connectivity index (χ3v) is 2.76. The molecule has 0 bridgehead atoms. The van der Waals surface area contributed by atoms with Crippen LogP contribution in [0.1, 0.15) is 26.2 Å². The van der Waals surface area contributed by atoms with Crippen LogP contribution >= 0.6 is 11.6 Å². The molecule has 1 rings (SSSR count). The third-order valence-electron chi connectivity index (χ3n) is 2.54. The van der Waals surface area contributed by atoms with Gasteiger partial charge in [0.1, 0.15) is 0 Å². The monoisotopic (exact) mass is 273 g/mol. The Morgan fingerprint density at radius 1 is 1.44 bits per heavy atom. The Morgan fingerprint density at radius 3 is 2.67 bits per heavy atom. The summed E-state index contributed by atoms with van der Waals surface area (Å²) in [6.07, 6.45) is 3.36. The Morgan fingerprint density at radius 2 is 2.11 bits per heavy atom. The molecule has 1 unspecified atom stereocenters. The van der Waals surface area contributed by atoms with Crippen LogP contribution < -0.4 is 17.0 Å². The van der Waals surface area contributed by atoms with Crippen molar-refractivity contribution in [3.8, 4) is 0 Å². The standard InChI is InChI=1S/C11H16ClN3O3/c1-8(12)4-2-3-6-14-9(16)5-7-15(10(13)17)11(14)18/h5,7-8H,2-4,6H2,1H3,(H2,13,17). The van der Waals surface area contributed by atoms with Gasteiger partial charge < -0.3 is 5.73 Å². The highest BCUT2D eigenvalue weighted by molar-refractivity contribution is 6.20. The first kappa shape index (κ1) is 14.5. The van der Waals surface area contributed by atoms with Crippen molar-refractivity contribution >= 4 is 17.6 Å². The number of alkyl halides is 1. The Bertz CT molecular complexity index is 533. The second kappa shape index (κ2) is 6.39. The molecule has 100 valence electrons. The van der Waals surface area contributed by atoms with E-state index in [4.69, 9.17) is 17.3 Å². The molecule has 18 heavy (non-hydrogen) atoms. The minimum Gasteiger partial charge on any atom is -0.351 e. The van der Waals surface area contributed by atoms with Crippen molar-refractivity contribution in [3.63, 3.8) is 0 Å². The lowest BCUT2D eigenvalue weighted by molar-refractivity contribution is 0.248. The minimum atomic E-state index is -0.900. The first-order valence-corrected chi connectivity index (χ1v) is 6.13. The first-order chi connectivity index (χ1) is 8.43. The predicted octanol–water partition coefficient (Wildman–Crippen LogP) is 0.734. The zero-order valence-corrected chi connectivity index (χ0v) is 10.9. The molecule has 1 amide bonds. The number of carbonyl (C=O) groups is 1. The lowest BCUT2D eigenvalue weighted by Crippen LogP contribution is -2.43. The highest BCUT2D eigenvalue weighted by Gasteiger charge is 2.08. The van der Waals surface area contributed by atoms with Gasteiger partial charge in [0.15, 0.2) is 0 Å². The number of nitrogens with two attached hydrogens (primary N) is 1. The van der Waals surface area contributed by atoms with E-state index in [1.165, 1.54) is 0 Å². The van der Waals surface area contributed by atoms with Crippen LogP contribution in [0.4, 0.5) is 4.79 Å². The minimum absolute atomic E-state index is 0.0692. The molecule has 0 saturated carbocycles. The number of hydrogen-bond donors (Lipinski definition) is 1. The van der Waals surface area contributed by atoms with Crippen molar-refractivity contribution in [2.45, 2.75) is 38.1 Å². The van der Waals surface area contributed by atoms with Crippen LogP contribution in [0.3, 0.4) is 0 Å². The molecule has 1 heterocycles. The van der Waals surface area contributed by atoms with Crippen molar-refractivity contribution in [2.75, 3.05) is 0 Å². The summed E-state index contributed by atoms with van der Waals surface area (Å²) in [5.74, 6) is 0. The van der Waals surface area contributed by atoms with E-state index in [9.17, 15) is 14.4 Å². The molecule has 0 aliphatic rings. The largest absolute Gasteiger partial charge is 0.351 e. The van der Waals surface area contributed by atoms with Gasteiger partial charge in [-0.05, 0) is 19.8 Å². The summed E-state index contributed by atoms with van der Waals surface area (Å²) in [7, 11) is 0. The van der Waals surface area contributed by atoms with Crippen molar-refractivity contribution in [2.24, 2.45) is 5.73 Å². The number of amides is 1. The molecule has 1 atom stereocenters. The van der Waals surface area contributed by atoms with Crippen molar-refractivity contribution in [1.82, 2.24) is 9.13 Å². The van der Waals surface area contributed by atoms with E-state index < -0.39 is 17.3 Å². The molecule has 0 aromatic carbocycles. The summed E-state index contributed by atoms with van der Waals surface area (Å²) in [6, 6.07) is 0.249.